The number of alkyl halides is 2. The van der Waals surface area contributed by atoms with Crippen molar-refractivity contribution >= 4 is 23.5 Å². The van der Waals surface area contributed by atoms with E-state index in [1.54, 1.807) is 61.5 Å². The maximum absolute atomic E-state index is 14.5. The highest BCUT2D eigenvalue weighted by atomic mass is 19.3. The number of nitrogens with zero attached hydrogens (tertiary/aromatic N) is 3. The molecular weight excluding hydrogens is 592 g/mol. The van der Waals surface area contributed by atoms with E-state index in [0.29, 0.717) is 16.8 Å². The Hall–Kier alpha value is -5.25. The van der Waals surface area contributed by atoms with Gasteiger partial charge in [-0.1, -0.05) is 92.7 Å². The molecule has 0 saturated carbocycles. The molecule has 1 unspecified atom stereocenters. The highest BCUT2D eigenvalue weighted by Crippen LogP contribution is 2.44. The summed E-state index contributed by atoms with van der Waals surface area (Å²) in [6.45, 7) is 6.56. The number of halogens is 2. The Morgan fingerprint density at radius 3 is 2.07 bits per heavy atom. The minimum absolute atomic E-state index is 0.0921. The lowest BCUT2D eigenvalue weighted by molar-refractivity contribution is -0.152. The summed E-state index contributed by atoms with van der Waals surface area (Å²) in [6, 6.07) is 22.8. The number of rotatable bonds is 10. The lowest BCUT2D eigenvalue weighted by atomic mass is 9.91. The molecule has 1 aliphatic heterocycles. The molecule has 1 aliphatic rings. The number of carbonyl (C=O) groups is 3. The molecule has 2 heterocycles. The number of hydrogen-bond donors (Lipinski definition) is 0. The Morgan fingerprint density at radius 1 is 0.870 bits per heavy atom. The van der Waals surface area contributed by atoms with Crippen LogP contribution in [0.2, 0.25) is 0 Å². The van der Waals surface area contributed by atoms with E-state index in [9.17, 15) is 23.2 Å². The number of aromatic nitrogens is 2. The van der Waals surface area contributed by atoms with Crippen molar-refractivity contribution in [1.29, 1.82) is 0 Å². The van der Waals surface area contributed by atoms with Gasteiger partial charge in [0.15, 0.2) is 17.4 Å². The van der Waals surface area contributed by atoms with Crippen LogP contribution in [0.15, 0.2) is 102 Å². The first-order valence-corrected chi connectivity index (χ1v) is 14.7. The summed E-state index contributed by atoms with van der Waals surface area (Å²) < 4.78 is 39.6. The van der Waals surface area contributed by atoms with E-state index in [2.05, 4.69) is 10.2 Å². The van der Waals surface area contributed by atoms with E-state index in [-0.39, 0.29) is 28.4 Å². The number of ether oxygens (including phenoxy) is 2. The molecule has 5 rings (SSSR count). The molecule has 2 atom stereocenters. The van der Waals surface area contributed by atoms with Crippen LogP contribution in [0.3, 0.4) is 0 Å². The highest BCUT2D eigenvalue weighted by molar-refractivity contribution is 6.21. The van der Waals surface area contributed by atoms with E-state index in [1.807, 2.05) is 26.0 Å². The van der Waals surface area contributed by atoms with Gasteiger partial charge in [0.25, 0.3) is 11.8 Å². The summed E-state index contributed by atoms with van der Waals surface area (Å²) in [5, 5.41) is 8.31. The SMILES string of the molecule is COC(=O)[C@H](OC1=C(C(=O)c2ccc(C(C)C)cc2)C(c2ccc(C(C)(F)F)cc2)N(c2ccc(C)nn2)C1=O)c1ccccc1. The third-order valence-corrected chi connectivity index (χ3v) is 7.79. The first-order chi connectivity index (χ1) is 21.9. The van der Waals surface area contributed by atoms with Crippen molar-refractivity contribution in [2.45, 2.75) is 51.7 Å². The number of hydrogen-bond acceptors (Lipinski definition) is 7. The van der Waals surface area contributed by atoms with E-state index in [1.165, 1.54) is 36.3 Å². The van der Waals surface area contributed by atoms with Gasteiger partial charge in [-0.2, -0.15) is 5.10 Å². The Labute approximate surface area is 265 Å². The van der Waals surface area contributed by atoms with E-state index in [4.69, 9.17) is 9.47 Å². The standard InChI is InChI=1S/C36H33F2N3O5/c1-21(2)23-12-14-25(15-13-23)31(42)29-30(24-16-18-27(19-17-24)36(4,37)38)41(28-20-11-22(3)39-40-28)34(43)33(29)46-32(35(44)45-5)26-9-7-6-8-10-26/h6-21,30,32H,1-5H3/t30?,32-/m1/s1. The van der Waals surface area contributed by atoms with E-state index >= 15 is 0 Å². The molecule has 8 nitrogen and oxygen atoms in total. The van der Waals surface area contributed by atoms with Crippen molar-refractivity contribution in [3.63, 3.8) is 0 Å². The number of anilines is 1. The molecule has 0 bridgehead atoms. The number of esters is 1. The zero-order valence-corrected chi connectivity index (χ0v) is 26.0. The molecule has 4 aromatic rings. The number of amides is 1. The maximum atomic E-state index is 14.5. The molecule has 0 radical (unpaired) electrons. The third-order valence-electron chi connectivity index (χ3n) is 7.79. The summed E-state index contributed by atoms with van der Waals surface area (Å²) in [4.78, 5) is 43.2. The number of Topliss-reactive ketones (excluding diaryl/α,β-unsaturated/α-hetero) is 1. The molecule has 10 heteroatoms. The van der Waals surface area contributed by atoms with Crippen molar-refractivity contribution < 1.29 is 32.6 Å². The molecule has 0 spiro atoms. The van der Waals surface area contributed by atoms with Crippen LogP contribution in [-0.2, 0) is 25.0 Å². The van der Waals surface area contributed by atoms with Crippen molar-refractivity contribution in [2.75, 3.05) is 12.0 Å². The average Bonchev–Trinajstić information content (AvgIpc) is 3.34. The van der Waals surface area contributed by atoms with Crippen molar-refractivity contribution in [1.82, 2.24) is 10.2 Å². The molecule has 0 aliphatic carbocycles. The molecule has 0 N–H and O–H groups in total. The normalized spacial score (nSPS) is 15.7. The zero-order valence-electron chi connectivity index (χ0n) is 26.0. The Bertz CT molecular complexity index is 1770. The average molecular weight is 626 g/mol. The first kappa shape index (κ1) is 32.2. The van der Waals surface area contributed by atoms with Crippen molar-refractivity contribution in [3.05, 3.63) is 136 Å². The molecule has 0 fully saturated rings. The number of carbonyl (C=O) groups excluding carboxylic acids is 3. The minimum Gasteiger partial charge on any atom is -0.468 e. The van der Waals surface area contributed by atoms with Gasteiger partial charge in [0.2, 0.25) is 6.10 Å². The molecule has 0 saturated heterocycles. The summed E-state index contributed by atoms with van der Waals surface area (Å²) in [5.74, 6) is -5.31. The van der Waals surface area contributed by atoms with Gasteiger partial charge in [0.1, 0.15) is 0 Å². The summed E-state index contributed by atoms with van der Waals surface area (Å²) in [5.41, 5.74) is 2.26. The lowest BCUT2D eigenvalue weighted by Crippen LogP contribution is -2.32. The monoisotopic (exact) mass is 625 g/mol. The lowest BCUT2D eigenvalue weighted by Gasteiger charge is -2.26. The van der Waals surface area contributed by atoms with Gasteiger partial charge >= 0.3 is 5.97 Å². The molecule has 3 aromatic carbocycles. The number of methoxy groups -OCH3 is 1. The predicted octanol–water partition coefficient (Wildman–Crippen LogP) is 7.18. The second kappa shape index (κ2) is 13.0. The summed E-state index contributed by atoms with van der Waals surface area (Å²) in [7, 11) is 1.19. The Balaban J connectivity index is 1.74. The summed E-state index contributed by atoms with van der Waals surface area (Å²) in [6.07, 6.45) is -1.40. The molecule has 46 heavy (non-hydrogen) atoms. The number of benzene rings is 3. The molecule has 1 amide bonds. The van der Waals surface area contributed by atoms with Gasteiger partial charge < -0.3 is 9.47 Å². The van der Waals surface area contributed by atoms with Gasteiger partial charge in [-0.25, -0.2) is 13.6 Å². The van der Waals surface area contributed by atoms with Gasteiger partial charge in [0, 0.05) is 23.6 Å². The largest absolute Gasteiger partial charge is 0.468 e. The number of aryl methyl sites for hydroxylation is 1. The Kier molecular flexibility index (Phi) is 9.09. The fraction of sp³-hybridized carbons (Fsp3) is 0.250. The predicted molar refractivity (Wildman–Crippen MR) is 167 cm³/mol. The van der Waals surface area contributed by atoms with E-state index in [0.717, 1.165) is 12.5 Å². The quantitative estimate of drug-likeness (QED) is 0.136. The van der Waals surface area contributed by atoms with Crippen LogP contribution in [0, 0.1) is 6.92 Å². The maximum Gasteiger partial charge on any atom is 0.351 e. The molecular formula is C36H33F2N3O5. The van der Waals surface area contributed by atoms with E-state index < -0.39 is 41.5 Å². The van der Waals surface area contributed by atoms with Crippen LogP contribution < -0.4 is 4.90 Å². The summed E-state index contributed by atoms with van der Waals surface area (Å²) >= 11 is 0. The van der Waals surface area contributed by atoms with Crippen molar-refractivity contribution in [2.24, 2.45) is 0 Å². The third kappa shape index (κ3) is 6.42. The van der Waals surface area contributed by atoms with Crippen LogP contribution >= 0.6 is 0 Å². The van der Waals surface area contributed by atoms with Crippen molar-refractivity contribution in [3.8, 4) is 0 Å². The van der Waals surface area contributed by atoms with Crippen LogP contribution in [-0.4, -0.2) is 35.0 Å². The Morgan fingerprint density at radius 2 is 1.52 bits per heavy atom. The topological polar surface area (TPSA) is 98.7 Å². The smallest absolute Gasteiger partial charge is 0.351 e. The second-order valence-corrected chi connectivity index (χ2v) is 11.4. The molecule has 236 valence electrons. The fourth-order valence-corrected chi connectivity index (χ4v) is 5.25. The minimum atomic E-state index is -3.11. The first-order valence-electron chi connectivity index (χ1n) is 14.7. The number of ketones is 1. The van der Waals surface area contributed by atoms with Gasteiger partial charge in [-0.05, 0) is 36.1 Å². The van der Waals surface area contributed by atoms with Crippen LogP contribution in [0.25, 0.3) is 0 Å². The molecule has 1 aromatic heterocycles. The van der Waals surface area contributed by atoms with Gasteiger partial charge in [-0.3, -0.25) is 14.5 Å². The van der Waals surface area contributed by atoms with Crippen LogP contribution in [0.5, 0.6) is 0 Å². The van der Waals surface area contributed by atoms with Crippen LogP contribution in [0.1, 0.15) is 77.1 Å². The second-order valence-electron chi connectivity index (χ2n) is 11.4. The zero-order chi connectivity index (χ0) is 33.2. The van der Waals surface area contributed by atoms with Gasteiger partial charge in [0.05, 0.1) is 24.4 Å². The fourth-order valence-electron chi connectivity index (χ4n) is 5.25. The van der Waals surface area contributed by atoms with Gasteiger partial charge in [-0.15, -0.1) is 5.10 Å². The van der Waals surface area contributed by atoms with Crippen LogP contribution in [0.4, 0.5) is 14.6 Å². The highest BCUT2D eigenvalue weighted by Gasteiger charge is 2.48.